The number of ether oxygens (including phenoxy) is 1. The average Bonchev–Trinajstić information content (AvgIpc) is 2.60. The van der Waals surface area contributed by atoms with Gasteiger partial charge in [-0.1, -0.05) is 41.9 Å². The third-order valence-electron chi connectivity index (χ3n) is 3.62. The second kappa shape index (κ2) is 6.55. The zero-order valence-electron chi connectivity index (χ0n) is 12.5. The number of halogens is 1. The molecule has 4 nitrogen and oxygen atoms in total. The van der Waals surface area contributed by atoms with Crippen LogP contribution in [0.1, 0.15) is 11.3 Å². The number of hydrogen-bond acceptors (Lipinski definition) is 4. The van der Waals surface area contributed by atoms with Gasteiger partial charge in [-0.2, -0.15) is 5.26 Å². The Balaban J connectivity index is 1.94. The van der Waals surface area contributed by atoms with E-state index in [-0.39, 0.29) is 5.69 Å². The van der Waals surface area contributed by atoms with E-state index in [0.717, 1.165) is 22.1 Å². The zero-order valence-corrected chi connectivity index (χ0v) is 13.3. The monoisotopic (exact) mass is 323 g/mol. The largest absolute Gasteiger partial charge is 0.496 e. The molecule has 1 N–H and O–H groups in total. The van der Waals surface area contributed by atoms with E-state index in [0.29, 0.717) is 17.4 Å². The van der Waals surface area contributed by atoms with Gasteiger partial charge in [0.05, 0.1) is 12.1 Å². The smallest absolute Gasteiger partial charge is 0.161 e. The lowest BCUT2D eigenvalue weighted by Crippen LogP contribution is -2.04. The highest BCUT2D eigenvalue weighted by Crippen LogP contribution is 2.28. The van der Waals surface area contributed by atoms with Crippen LogP contribution in [0.3, 0.4) is 0 Å². The summed E-state index contributed by atoms with van der Waals surface area (Å²) in [5, 5.41) is 14.8. The lowest BCUT2D eigenvalue weighted by atomic mass is 10.0. The van der Waals surface area contributed by atoms with Crippen molar-refractivity contribution >= 4 is 28.2 Å². The molecule has 0 aliphatic heterocycles. The predicted molar refractivity (Wildman–Crippen MR) is 91.8 cm³/mol. The Bertz CT molecular complexity index is 902. The van der Waals surface area contributed by atoms with E-state index in [9.17, 15) is 0 Å². The Labute approximate surface area is 139 Å². The molecule has 0 aliphatic carbocycles. The standard InChI is InChI=1S/C18H14ClN3O/c1-23-17-8-6-12-4-2-3-5-13(12)14(17)11-21-18-9-7-15(19)16(10-20)22-18/h2-9H,11H2,1H3,(H,21,22). The van der Waals surface area contributed by atoms with Crippen molar-refractivity contribution in [1.29, 1.82) is 5.26 Å². The number of aromatic nitrogens is 1. The van der Waals surface area contributed by atoms with Gasteiger partial charge in [0.2, 0.25) is 0 Å². The maximum Gasteiger partial charge on any atom is 0.161 e. The normalized spacial score (nSPS) is 10.3. The van der Waals surface area contributed by atoms with Crippen LogP contribution < -0.4 is 10.1 Å². The Hall–Kier alpha value is -2.77. The molecule has 23 heavy (non-hydrogen) atoms. The van der Waals surface area contributed by atoms with Crippen LogP contribution in [0.25, 0.3) is 10.8 Å². The van der Waals surface area contributed by atoms with E-state index >= 15 is 0 Å². The van der Waals surface area contributed by atoms with Gasteiger partial charge in [-0.25, -0.2) is 4.98 Å². The number of pyridine rings is 1. The topological polar surface area (TPSA) is 57.9 Å². The highest BCUT2D eigenvalue weighted by molar-refractivity contribution is 6.31. The van der Waals surface area contributed by atoms with Gasteiger partial charge in [-0.05, 0) is 29.0 Å². The number of anilines is 1. The molecule has 3 rings (SSSR count). The fraction of sp³-hybridized carbons (Fsp3) is 0.111. The Morgan fingerprint density at radius 2 is 2.00 bits per heavy atom. The number of nitrogens with one attached hydrogen (secondary N) is 1. The summed E-state index contributed by atoms with van der Waals surface area (Å²) in [6.07, 6.45) is 0. The van der Waals surface area contributed by atoms with Crippen LogP contribution >= 0.6 is 11.6 Å². The summed E-state index contributed by atoms with van der Waals surface area (Å²) in [5.74, 6) is 1.41. The van der Waals surface area contributed by atoms with Gasteiger partial charge >= 0.3 is 0 Å². The van der Waals surface area contributed by atoms with Crippen LogP contribution in [0.5, 0.6) is 5.75 Å². The predicted octanol–water partition coefficient (Wildman–Crippen LogP) is 4.38. The number of nitrogens with zero attached hydrogens (tertiary/aromatic N) is 2. The molecule has 0 radical (unpaired) electrons. The molecule has 5 heteroatoms. The minimum absolute atomic E-state index is 0.210. The first-order valence-electron chi connectivity index (χ1n) is 7.08. The summed E-state index contributed by atoms with van der Waals surface area (Å²) < 4.78 is 5.47. The maximum atomic E-state index is 9.01. The summed E-state index contributed by atoms with van der Waals surface area (Å²) in [7, 11) is 1.65. The first kappa shape index (κ1) is 15.1. The average molecular weight is 324 g/mol. The number of hydrogen-bond donors (Lipinski definition) is 1. The summed E-state index contributed by atoms with van der Waals surface area (Å²) in [6.45, 7) is 0.532. The first-order chi connectivity index (χ1) is 11.2. The van der Waals surface area contributed by atoms with Crippen molar-refractivity contribution in [3.63, 3.8) is 0 Å². The molecule has 0 spiro atoms. The third-order valence-corrected chi connectivity index (χ3v) is 3.92. The van der Waals surface area contributed by atoms with Crippen LogP contribution in [0.15, 0.2) is 48.5 Å². The van der Waals surface area contributed by atoms with E-state index in [1.165, 1.54) is 0 Å². The molecular formula is C18H14ClN3O. The van der Waals surface area contributed by atoms with Crippen molar-refractivity contribution in [1.82, 2.24) is 4.98 Å². The molecule has 0 atom stereocenters. The Morgan fingerprint density at radius 3 is 2.78 bits per heavy atom. The van der Waals surface area contributed by atoms with Crippen LogP contribution in [0.4, 0.5) is 5.82 Å². The highest BCUT2D eigenvalue weighted by Gasteiger charge is 2.09. The van der Waals surface area contributed by atoms with E-state index in [1.807, 2.05) is 30.3 Å². The quantitative estimate of drug-likeness (QED) is 0.774. The molecule has 0 bridgehead atoms. The number of nitriles is 1. The highest BCUT2D eigenvalue weighted by atomic mass is 35.5. The minimum atomic E-state index is 0.210. The van der Waals surface area contributed by atoms with Crippen molar-refractivity contribution < 1.29 is 4.74 Å². The van der Waals surface area contributed by atoms with E-state index < -0.39 is 0 Å². The molecule has 2 aromatic carbocycles. The van der Waals surface area contributed by atoms with Gasteiger partial charge in [0.15, 0.2) is 5.69 Å². The Kier molecular flexibility index (Phi) is 4.31. The summed E-state index contributed by atoms with van der Waals surface area (Å²) in [5.41, 5.74) is 1.25. The van der Waals surface area contributed by atoms with Crippen molar-refractivity contribution in [2.75, 3.05) is 12.4 Å². The van der Waals surface area contributed by atoms with Gasteiger partial charge in [-0.15, -0.1) is 0 Å². The lowest BCUT2D eigenvalue weighted by Gasteiger charge is -2.13. The lowest BCUT2D eigenvalue weighted by molar-refractivity contribution is 0.411. The molecule has 0 saturated carbocycles. The van der Waals surface area contributed by atoms with Crippen molar-refractivity contribution in [2.45, 2.75) is 6.54 Å². The molecule has 1 heterocycles. The van der Waals surface area contributed by atoms with E-state index in [4.69, 9.17) is 21.6 Å². The number of benzene rings is 2. The van der Waals surface area contributed by atoms with Crippen LogP contribution in [0, 0.1) is 11.3 Å². The molecule has 1 aromatic heterocycles. The maximum absolute atomic E-state index is 9.01. The second-order valence-corrected chi connectivity index (χ2v) is 5.37. The molecule has 0 amide bonds. The first-order valence-corrected chi connectivity index (χ1v) is 7.46. The number of rotatable bonds is 4. The SMILES string of the molecule is COc1ccc2ccccc2c1CNc1ccc(Cl)c(C#N)n1. The third kappa shape index (κ3) is 3.05. The minimum Gasteiger partial charge on any atom is -0.496 e. The van der Waals surface area contributed by atoms with E-state index in [1.54, 1.807) is 19.2 Å². The van der Waals surface area contributed by atoms with E-state index in [2.05, 4.69) is 22.4 Å². The second-order valence-electron chi connectivity index (χ2n) is 4.96. The Morgan fingerprint density at radius 1 is 1.17 bits per heavy atom. The summed E-state index contributed by atoms with van der Waals surface area (Å²) >= 11 is 5.91. The van der Waals surface area contributed by atoms with Crippen molar-refractivity contribution in [2.24, 2.45) is 0 Å². The number of fused-ring (bicyclic) bond motifs is 1. The van der Waals surface area contributed by atoms with Crippen LogP contribution in [0.2, 0.25) is 5.02 Å². The van der Waals surface area contributed by atoms with Crippen molar-refractivity contribution in [3.05, 3.63) is 64.8 Å². The van der Waals surface area contributed by atoms with Gasteiger partial charge < -0.3 is 10.1 Å². The van der Waals surface area contributed by atoms with Gasteiger partial charge in [-0.3, -0.25) is 0 Å². The molecule has 0 aliphatic rings. The fourth-order valence-electron chi connectivity index (χ4n) is 2.49. The molecule has 0 unspecified atom stereocenters. The fourth-order valence-corrected chi connectivity index (χ4v) is 2.64. The van der Waals surface area contributed by atoms with Gasteiger partial charge in [0.1, 0.15) is 17.6 Å². The van der Waals surface area contributed by atoms with Gasteiger partial charge in [0.25, 0.3) is 0 Å². The van der Waals surface area contributed by atoms with Crippen molar-refractivity contribution in [3.8, 4) is 11.8 Å². The van der Waals surface area contributed by atoms with Crippen LogP contribution in [-0.2, 0) is 6.54 Å². The van der Waals surface area contributed by atoms with Crippen LogP contribution in [-0.4, -0.2) is 12.1 Å². The summed E-state index contributed by atoms with van der Waals surface area (Å²) in [4.78, 5) is 4.20. The molecule has 114 valence electrons. The molecule has 0 saturated heterocycles. The summed E-state index contributed by atoms with van der Waals surface area (Å²) in [6, 6.07) is 17.5. The van der Waals surface area contributed by atoms with Gasteiger partial charge in [0, 0.05) is 12.1 Å². The zero-order chi connectivity index (χ0) is 16.2. The molecular weight excluding hydrogens is 310 g/mol. The molecule has 0 fully saturated rings. The molecule has 3 aromatic rings. The number of methoxy groups -OCH3 is 1.